The SMILES string of the molecule is O=C(N[C@@H](Cc1ccc(F)cc1)C(=O)N1CCCC(O)C1)c1cc2cc(Cl)cnc2[nH]1. The number of H-pyrrole nitrogens is 1. The first-order valence-corrected chi connectivity index (χ1v) is 10.4. The Balaban J connectivity index is 1.56. The largest absolute Gasteiger partial charge is 0.391 e. The highest BCUT2D eigenvalue weighted by atomic mass is 35.5. The predicted octanol–water partition coefficient (Wildman–Crippen LogP) is 2.68. The van der Waals surface area contributed by atoms with E-state index in [4.69, 9.17) is 11.6 Å². The molecule has 3 N–H and O–H groups in total. The number of aromatic nitrogens is 2. The Morgan fingerprint density at radius 1 is 1.32 bits per heavy atom. The van der Waals surface area contributed by atoms with Gasteiger partial charge in [-0.25, -0.2) is 9.37 Å². The highest BCUT2D eigenvalue weighted by molar-refractivity contribution is 6.31. The van der Waals surface area contributed by atoms with Gasteiger partial charge >= 0.3 is 0 Å². The van der Waals surface area contributed by atoms with E-state index in [0.29, 0.717) is 41.0 Å². The molecular weight excluding hydrogens is 423 g/mol. The van der Waals surface area contributed by atoms with Crippen LogP contribution >= 0.6 is 11.6 Å². The van der Waals surface area contributed by atoms with Gasteiger partial charge in [-0.05, 0) is 42.7 Å². The molecule has 0 spiro atoms. The highest BCUT2D eigenvalue weighted by Gasteiger charge is 2.30. The fourth-order valence-corrected chi connectivity index (χ4v) is 3.94. The Morgan fingerprint density at radius 2 is 2.10 bits per heavy atom. The third-order valence-corrected chi connectivity index (χ3v) is 5.55. The number of carbonyl (C=O) groups is 2. The molecule has 1 aromatic carbocycles. The lowest BCUT2D eigenvalue weighted by atomic mass is 10.0. The van der Waals surface area contributed by atoms with Crippen LogP contribution in [0, 0.1) is 5.82 Å². The number of piperidine rings is 1. The van der Waals surface area contributed by atoms with Crippen molar-refractivity contribution in [1.29, 1.82) is 0 Å². The molecule has 0 bridgehead atoms. The fourth-order valence-electron chi connectivity index (χ4n) is 3.78. The number of aliphatic hydroxyl groups is 1. The van der Waals surface area contributed by atoms with Gasteiger partial charge in [0.05, 0.1) is 11.1 Å². The number of aliphatic hydroxyl groups excluding tert-OH is 1. The molecule has 9 heteroatoms. The monoisotopic (exact) mass is 444 g/mol. The standard InChI is InChI=1S/C22H22ClFN4O3/c23-15-9-14-10-18(26-20(14)25-11-15)21(30)27-19(8-13-3-5-16(24)6-4-13)22(31)28-7-1-2-17(29)12-28/h3-6,9-11,17,19,29H,1-2,7-8,12H2,(H,25,26)(H,27,30)/t17?,19-/m0/s1. The number of fused-ring (bicyclic) bond motifs is 1. The molecule has 2 aromatic heterocycles. The lowest BCUT2D eigenvalue weighted by Gasteiger charge is -2.33. The molecule has 7 nitrogen and oxygen atoms in total. The summed E-state index contributed by atoms with van der Waals surface area (Å²) in [5, 5.41) is 13.9. The van der Waals surface area contributed by atoms with Gasteiger partial charge in [0, 0.05) is 31.1 Å². The number of aromatic amines is 1. The summed E-state index contributed by atoms with van der Waals surface area (Å²) >= 11 is 5.96. The maximum atomic E-state index is 13.3. The molecule has 0 aliphatic carbocycles. The molecular formula is C22H22ClFN4O3. The molecule has 1 aliphatic rings. The molecule has 4 rings (SSSR count). The maximum Gasteiger partial charge on any atom is 0.268 e. The van der Waals surface area contributed by atoms with Gasteiger partial charge in [0.1, 0.15) is 23.2 Å². The summed E-state index contributed by atoms with van der Waals surface area (Å²) in [5.41, 5.74) is 1.47. The van der Waals surface area contributed by atoms with Crippen LogP contribution in [0.3, 0.4) is 0 Å². The first-order valence-electron chi connectivity index (χ1n) is 10.1. The van der Waals surface area contributed by atoms with Crippen molar-refractivity contribution in [3.05, 3.63) is 64.7 Å². The molecule has 0 saturated carbocycles. The second-order valence-corrected chi connectivity index (χ2v) is 8.15. The van der Waals surface area contributed by atoms with Gasteiger partial charge in [0.25, 0.3) is 5.91 Å². The van der Waals surface area contributed by atoms with Crippen LogP contribution in [0.5, 0.6) is 0 Å². The Morgan fingerprint density at radius 3 is 2.84 bits per heavy atom. The molecule has 162 valence electrons. The lowest BCUT2D eigenvalue weighted by molar-refractivity contribution is -0.136. The number of benzene rings is 1. The number of rotatable bonds is 5. The lowest BCUT2D eigenvalue weighted by Crippen LogP contribution is -2.53. The molecule has 1 unspecified atom stereocenters. The van der Waals surface area contributed by atoms with Gasteiger partial charge in [-0.15, -0.1) is 0 Å². The van der Waals surface area contributed by atoms with Crippen molar-refractivity contribution in [3.8, 4) is 0 Å². The van der Waals surface area contributed by atoms with E-state index in [2.05, 4.69) is 15.3 Å². The second kappa shape index (κ2) is 9.03. The van der Waals surface area contributed by atoms with E-state index in [-0.39, 0.29) is 30.4 Å². The average Bonchev–Trinajstić information content (AvgIpc) is 3.17. The second-order valence-electron chi connectivity index (χ2n) is 7.71. The first-order chi connectivity index (χ1) is 14.9. The number of carbonyl (C=O) groups excluding carboxylic acids is 2. The zero-order valence-corrected chi connectivity index (χ0v) is 17.4. The van der Waals surface area contributed by atoms with Crippen LogP contribution in [0.1, 0.15) is 28.9 Å². The topological polar surface area (TPSA) is 98.3 Å². The van der Waals surface area contributed by atoms with Crippen molar-refractivity contribution in [1.82, 2.24) is 20.2 Å². The van der Waals surface area contributed by atoms with Crippen LogP contribution in [-0.2, 0) is 11.2 Å². The molecule has 1 saturated heterocycles. The van der Waals surface area contributed by atoms with E-state index >= 15 is 0 Å². The van der Waals surface area contributed by atoms with Crippen LogP contribution in [0.2, 0.25) is 5.02 Å². The fraction of sp³-hybridized carbons (Fsp3) is 0.318. The summed E-state index contributed by atoms with van der Waals surface area (Å²) in [5.74, 6) is -1.13. The number of halogens is 2. The zero-order chi connectivity index (χ0) is 22.0. The quantitative estimate of drug-likeness (QED) is 0.563. The normalized spacial score (nSPS) is 17.5. The van der Waals surface area contributed by atoms with Crippen molar-refractivity contribution in [2.24, 2.45) is 0 Å². The summed E-state index contributed by atoms with van der Waals surface area (Å²) in [4.78, 5) is 34.8. The number of nitrogens with one attached hydrogen (secondary N) is 2. The summed E-state index contributed by atoms with van der Waals surface area (Å²) in [7, 11) is 0. The highest BCUT2D eigenvalue weighted by Crippen LogP contribution is 2.18. The van der Waals surface area contributed by atoms with Crippen molar-refractivity contribution in [2.45, 2.75) is 31.4 Å². The third kappa shape index (κ3) is 5.03. The van der Waals surface area contributed by atoms with Crippen LogP contribution < -0.4 is 5.32 Å². The van der Waals surface area contributed by atoms with E-state index in [1.165, 1.54) is 18.3 Å². The minimum absolute atomic E-state index is 0.196. The number of pyridine rings is 1. The van der Waals surface area contributed by atoms with E-state index in [0.717, 1.165) is 0 Å². The molecule has 2 amide bonds. The Hall–Kier alpha value is -2.97. The van der Waals surface area contributed by atoms with Crippen molar-refractivity contribution < 1.29 is 19.1 Å². The van der Waals surface area contributed by atoms with E-state index in [9.17, 15) is 19.1 Å². The van der Waals surface area contributed by atoms with Crippen molar-refractivity contribution in [3.63, 3.8) is 0 Å². The maximum absolute atomic E-state index is 13.3. The van der Waals surface area contributed by atoms with Crippen molar-refractivity contribution >= 4 is 34.4 Å². The smallest absolute Gasteiger partial charge is 0.268 e. The van der Waals surface area contributed by atoms with Gasteiger partial charge in [-0.1, -0.05) is 23.7 Å². The van der Waals surface area contributed by atoms with E-state index < -0.39 is 18.1 Å². The first kappa shape index (κ1) is 21.3. The molecule has 2 atom stereocenters. The van der Waals surface area contributed by atoms with E-state index in [1.54, 1.807) is 29.2 Å². The van der Waals surface area contributed by atoms with Crippen LogP contribution in [0.15, 0.2) is 42.6 Å². The summed E-state index contributed by atoms with van der Waals surface area (Å²) in [6.07, 6.45) is 2.43. The molecule has 1 aliphatic heterocycles. The van der Waals surface area contributed by atoms with Crippen molar-refractivity contribution in [2.75, 3.05) is 13.1 Å². The minimum atomic E-state index is -0.869. The number of β-amino-alcohol motifs (C(OH)–C–C–N with tert-alkyl or cyclic N) is 1. The summed E-state index contributed by atoms with van der Waals surface area (Å²) in [6, 6.07) is 8.24. The number of hydrogen-bond acceptors (Lipinski definition) is 4. The predicted molar refractivity (Wildman–Crippen MR) is 114 cm³/mol. The van der Waals surface area contributed by atoms with Gasteiger partial charge < -0.3 is 20.3 Å². The molecule has 31 heavy (non-hydrogen) atoms. The van der Waals surface area contributed by atoms with Gasteiger partial charge in [-0.3, -0.25) is 9.59 Å². The number of amides is 2. The number of likely N-dealkylation sites (tertiary alicyclic amines) is 1. The Kier molecular flexibility index (Phi) is 6.20. The average molecular weight is 445 g/mol. The Bertz CT molecular complexity index is 1100. The van der Waals surface area contributed by atoms with Gasteiger partial charge in [0.2, 0.25) is 5.91 Å². The molecule has 3 heterocycles. The number of nitrogens with zero attached hydrogens (tertiary/aromatic N) is 2. The van der Waals surface area contributed by atoms with Crippen LogP contribution in [0.25, 0.3) is 11.0 Å². The summed E-state index contributed by atoms with van der Waals surface area (Å²) < 4.78 is 13.3. The van der Waals surface area contributed by atoms with Crippen LogP contribution in [-0.4, -0.2) is 57.0 Å². The van der Waals surface area contributed by atoms with E-state index in [1.807, 2.05) is 0 Å². The summed E-state index contributed by atoms with van der Waals surface area (Å²) in [6.45, 7) is 0.740. The molecule has 1 fully saturated rings. The molecule has 0 radical (unpaired) electrons. The zero-order valence-electron chi connectivity index (χ0n) is 16.6. The minimum Gasteiger partial charge on any atom is -0.391 e. The van der Waals surface area contributed by atoms with Crippen LogP contribution in [0.4, 0.5) is 4.39 Å². The number of hydrogen-bond donors (Lipinski definition) is 3. The Labute approximate surface area is 183 Å². The molecule has 3 aromatic rings. The third-order valence-electron chi connectivity index (χ3n) is 5.35. The van der Waals surface area contributed by atoms with Gasteiger partial charge in [-0.2, -0.15) is 0 Å². The van der Waals surface area contributed by atoms with Gasteiger partial charge in [0.15, 0.2) is 0 Å².